The number of aryl methyl sites for hydroxylation is 1. The van der Waals surface area contributed by atoms with E-state index in [0.29, 0.717) is 11.5 Å². The molecule has 0 radical (unpaired) electrons. The third-order valence-electron chi connectivity index (χ3n) is 3.18. The number of nitrogens with zero attached hydrogens (tertiary/aromatic N) is 2. The summed E-state index contributed by atoms with van der Waals surface area (Å²) in [6, 6.07) is 1.62. The SMILES string of the molecule is Cc1cc(CN2C(=O)c3c(Cl)c(Cl)c(Cl)c(Cl)c3C2=O)on1. The molecule has 1 aromatic heterocycles. The van der Waals surface area contributed by atoms with Crippen LogP contribution >= 0.6 is 46.4 Å². The number of carbonyl (C=O) groups excluding carboxylic acids is 2. The van der Waals surface area contributed by atoms with Gasteiger partial charge in [-0.25, -0.2) is 0 Å². The average Bonchev–Trinajstić information content (AvgIpc) is 2.99. The Bertz CT molecular complexity index is 784. The molecule has 0 atom stereocenters. The Hall–Kier alpha value is -1.27. The van der Waals surface area contributed by atoms with Crippen LogP contribution in [0.4, 0.5) is 0 Å². The zero-order valence-electron chi connectivity index (χ0n) is 10.9. The van der Waals surface area contributed by atoms with E-state index in [0.717, 1.165) is 4.90 Å². The summed E-state index contributed by atoms with van der Waals surface area (Å²) in [4.78, 5) is 25.9. The van der Waals surface area contributed by atoms with Gasteiger partial charge in [0.1, 0.15) is 0 Å². The van der Waals surface area contributed by atoms with Gasteiger partial charge < -0.3 is 4.52 Å². The molecule has 22 heavy (non-hydrogen) atoms. The second kappa shape index (κ2) is 5.42. The highest BCUT2D eigenvalue weighted by Crippen LogP contribution is 2.45. The molecule has 0 saturated carbocycles. The standard InChI is InChI=1S/C13H6Cl4N2O3/c1-4-2-5(22-18-4)3-19-12(20)6-7(13(19)21)9(15)11(17)10(16)8(6)14/h2H,3H2,1H3. The van der Waals surface area contributed by atoms with Crippen molar-refractivity contribution in [3.05, 3.63) is 48.7 Å². The number of amides is 2. The predicted molar refractivity (Wildman–Crippen MR) is 81.9 cm³/mol. The first kappa shape index (κ1) is 15.6. The smallest absolute Gasteiger partial charge is 0.263 e. The van der Waals surface area contributed by atoms with Crippen LogP contribution in [0, 0.1) is 6.92 Å². The normalized spacial score (nSPS) is 14.0. The van der Waals surface area contributed by atoms with Gasteiger partial charge in [0.25, 0.3) is 11.8 Å². The van der Waals surface area contributed by atoms with E-state index in [1.165, 1.54) is 0 Å². The molecule has 3 rings (SSSR count). The molecule has 1 aliphatic rings. The molecule has 0 unspecified atom stereocenters. The lowest BCUT2D eigenvalue weighted by molar-refractivity contribution is 0.0628. The van der Waals surface area contributed by atoms with Crippen LogP contribution in [0.15, 0.2) is 10.6 Å². The lowest BCUT2D eigenvalue weighted by Gasteiger charge is -2.10. The number of rotatable bonds is 2. The number of fused-ring (bicyclic) bond motifs is 1. The van der Waals surface area contributed by atoms with Crippen molar-refractivity contribution >= 4 is 58.2 Å². The summed E-state index contributed by atoms with van der Waals surface area (Å²) in [7, 11) is 0. The number of benzene rings is 1. The fourth-order valence-electron chi connectivity index (χ4n) is 2.19. The first-order valence-corrected chi connectivity index (χ1v) is 7.48. The summed E-state index contributed by atoms with van der Waals surface area (Å²) >= 11 is 23.9. The molecule has 0 saturated heterocycles. The minimum atomic E-state index is -0.612. The van der Waals surface area contributed by atoms with Gasteiger partial charge in [0.15, 0.2) is 5.76 Å². The van der Waals surface area contributed by atoms with Crippen LogP contribution in [0.2, 0.25) is 20.1 Å². The van der Waals surface area contributed by atoms with Crippen molar-refractivity contribution in [1.82, 2.24) is 10.1 Å². The zero-order valence-corrected chi connectivity index (χ0v) is 13.9. The van der Waals surface area contributed by atoms with Crippen LogP contribution in [-0.2, 0) is 6.54 Å². The van der Waals surface area contributed by atoms with Crippen molar-refractivity contribution in [2.75, 3.05) is 0 Å². The maximum atomic E-state index is 12.5. The van der Waals surface area contributed by atoms with E-state index in [4.69, 9.17) is 50.9 Å². The summed E-state index contributed by atoms with van der Waals surface area (Å²) in [6.07, 6.45) is 0. The van der Waals surface area contributed by atoms with Gasteiger partial charge in [-0.15, -0.1) is 0 Å². The number of hydrogen-bond donors (Lipinski definition) is 0. The molecule has 1 aliphatic heterocycles. The van der Waals surface area contributed by atoms with Crippen molar-refractivity contribution in [3.8, 4) is 0 Å². The fourth-order valence-corrected chi connectivity index (χ4v) is 3.20. The number of carbonyl (C=O) groups is 2. The Kier molecular flexibility index (Phi) is 3.85. The molecule has 1 aromatic carbocycles. The van der Waals surface area contributed by atoms with E-state index < -0.39 is 11.8 Å². The molecule has 9 heteroatoms. The maximum absolute atomic E-state index is 12.5. The predicted octanol–water partition coefficient (Wildman–Crippen LogP) is 4.39. The quantitative estimate of drug-likeness (QED) is 0.441. The molecule has 0 aliphatic carbocycles. The fraction of sp³-hybridized carbons (Fsp3) is 0.154. The molecular weight excluding hydrogens is 374 g/mol. The molecular formula is C13H6Cl4N2O3. The molecule has 0 spiro atoms. The van der Waals surface area contributed by atoms with Crippen molar-refractivity contribution < 1.29 is 14.1 Å². The molecule has 0 N–H and O–H groups in total. The summed E-state index contributed by atoms with van der Waals surface area (Å²) in [5, 5.41) is 3.38. The van der Waals surface area contributed by atoms with E-state index in [2.05, 4.69) is 5.16 Å². The topological polar surface area (TPSA) is 63.4 Å². The van der Waals surface area contributed by atoms with E-state index in [1.54, 1.807) is 13.0 Å². The van der Waals surface area contributed by atoms with Crippen LogP contribution in [-0.4, -0.2) is 21.9 Å². The van der Waals surface area contributed by atoms with E-state index in [9.17, 15) is 9.59 Å². The van der Waals surface area contributed by atoms with Gasteiger partial charge in [0.05, 0.1) is 43.5 Å². The lowest BCUT2D eigenvalue weighted by Crippen LogP contribution is -2.29. The van der Waals surface area contributed by atoms with Crippen molar-refractivity contribution in [1.29, 1.82) is 0 Å². The Morgan fingerprint density at radius 3 is 1.91 bits per heavy atom. The summed E-state index contributed by atoms with van der Waals surface area (Å²) in [6.45, 7) is 1.64. The molecule has 0 fully saturated rings. The highest BCUT2D eigenvalue weighted by molar-refractivity contribution is 6.55. The van der Waals surface area contributed by atoms with E-state index >= 15 is 0 Å². The molecule has 114 valence electrons. The number of halogens is 4. The van der Waals surface area contributed by atoms with Crippen LogP contribution in [0.1, 0.15) is 32.2 Å². The molecule has 2 amide bonds. The largest absolute Gasteiger partial charge is 0.359 e. The van der Waals surface area contributed by atoms with Gasteiger partial charge in [-0.05, 0) is 6.92 Å². The molecule has 5 nitrogen and oxygen atoms in total. The third kappa shape index (κ3) is 2.20. The van der Waals surface area contributed by atoms with Gasteiger partial charge >= 0.3 is 0 Å². The lowest BCUT2D eigenvalue weighted by atomic mass is 10.1. The summed E-state index contributed by atoms with van der Waals surface area (Å²) < 4.78 is 5.02. The first-order chi connectivity index (χ1) is 10.3. The minimum absolute atomic E-state index is 0.0534. The van der Waals surface area contributed by atoms with Crippen molar-refractivity contribution in [3.63, 3.8) is 0 Å². The Morgan fingerprint density at radius 2 is 1.50 bits per heavy atom. The van der Waals surface area contributed by atoms with E-state index in [1.807, 2.05) is 0 Å². The van der Waals surface area contributed by atoms with Crippen molar-refractivity contribution in [2.45, 2.75) is 13.5 Å². The van der Waals surface area contributed by atoms with Gasteiger partial charge in [0.2, 0.25) is 0 Å². The van der Waals surface area contributed by atoms with Gasteiger partial charge in [0, 0.05) is 6.07 Å². The Balaban J connectivity index is 2.09. The monoisotopic (exact) mass is 378 g/mol. The zero-order chi connectivity index (χ0) is 16.2. The Morgan fingerprint density at radius 1 is 1.00 bits per heavy atom. The van der Waals surface area contributed by atoms with Crippen LogP contribution in [0.5, 0.6) is 0 Å². The van der Waals surface area contributed by atoms with Crippen LogP contribution in [0.25, 0.3) is 0 Å². The van der Waals surface area contributed by atoms with E-state index in [-0.39, 0.29) is 37.8 Å². The molecule has 2 aromatic rings. The molecule has 0 bridgehead atoms. The number of aromatic nitrogens is 1. The third-order valence-corrected chi connectivity index (χ3v) is 4.98. The van der Waals surface area contributed by atoms with Crippen LogP contribution in [0.3, 0.4) is 0 Å². The maximum Gasteiger partial charge on any atom is 0.263 e. The van der Waals surface area contributed by atoms with Gasteiger partial charge in [-0.2, -0.15) is 0 Å². The summed E-state index contributed by atoms with van der Waals surface area (Å²) in [5.74, 6) is -0.865. The summed E-state index contributed by atoms with van der Waals surface area (Å²) in [5.41, 5.74) is 0.526. The first-order valence-electron chi connectivity index (χ1n) is 5.97. The minimum Gasteiger partial charge on any atom is -0.359 e. The molecule has 2 heterocycles. The highest BCUT2D eigenvalue weighted by atomic mass is 35.5. The highest BCUT2D eigenvalue weighted by Gasteiger charge is 2.41. The number of imide groups is 1. The van der Waals surface area contributed by atoms with Gasteiger partial charge in [-0.3, -0.25) is 14.5 Å². The van der Waals surface area contributed by atoms with Crippen molar-refractivity contribution in [2.24, 2.45) is 0 Å². The second-order valence-electron chi connectivity index (χ2n) is 4.64. The Labute approximate surface area is 144 Å². The second-order valence-corrected chi connectivity index (χ2v) is 6.15. The van der Waals surface area contributed by atoms with Crippen LogP contribution < -0.4 is 0 Å². The average molecular weight is 380 g/mol. The van der Waals surface area contributed by atoms with Gasteiger partial charge in [-0.1, -0.05) is 51.6 Å². The number of hydrogen-bond acceptors (Lipinski definition) is 4.